The fraction of sp³-hybridized carbons (Fsp3) is 0.357. The molecule has 0 atom stereocenters. The molecule has 0 aromatic heterocycles. The SMILES string of the molecule is C#Cc1ccc(C(C)=O)c(C)c1.CCC. The number of benzene rings is 1. The van der Waals surface area contributed by atoms with E-state index in [0.29, 0.717) is 0 Å². The number of carbonyl (C=O) groups excluding carboxylic acids is 1. The van der Waals surface area contributed by atoms with Crippen LogP contribution >= 0.6 is 0 Å². The molecule has 1 heteroatoms. The van der Waals surface area contributed by atoms with Crippen molar-refractivity contribution >= 4 is 5.78 Å². The highest BCUT2D eigenvalue weighted by Crippen LogP contribution is 2.10. The molecule has 0 aliphatic carbocycles. The van der Waals surface area contributed by atoms with Crippen molar-refractivity contribution in [1.82, 2.24) is 0 Å². The second kappa shape index (κ2) is 6.84. The van der Waals surface area contributed by atoms with Gasteiger partial charge < -0.3 is 0 Å². The average molecular weight is 202 g/mol. The Kier molecular flexibility index (Phi) is 6.13. The largest absolute Gasteiger partial charge is 0.295 e. The molecule has 15 heavy (non-hydrogen) atoms. The summed E-state index contributed by atoms with van der Waals surface area (Å²) in [5.41, 5.74) is 2.50. The minimum Gasteiger partial charge on any atom is -0.295 e. The summed E-state index contributed by atoms with van der Waals surface area (Å²) in [6.45, 7) is 7.69. The van der Waals surface area contributed by atoms with E-state index in [0.717, 1.165) is 16.7 Å². The molecule has 0 unspecified atom stereocenters. The highest BCUT2D eigenvalue weighted by Gasteiger charge is 2.02. The number of carbonyl (C=O) groups is 1. The molecule has 0 aliphatic rings. The van der Waals surface area contributed by atoms with Crippen molar-refractivity contribution in [2.75, 3.05) is 0 Å². The van der Waals surface area contributed by atoms with Crippen LogP contribution in [0.5, 0.6) is 0 Å². The number of hydrogen-bond acceptors (Lipinski definition) is 1. The lowest BCUT2D eigenvalue weighted by Crippen LogP contribution is -1.95. The van der Waals surface area contributed by atoms with Gasteiger partial charge in [-0.05, 0) is 37.6 Å². The van der Waals surface area contributed by atoms with Crippen LogP contribution in [0, 0.1) is 19.3 Å². The summed E-state index contributed by atoms with van der Waals surface area (Å²) in [4.78, 5) is 11.0. The van der Waals surface area contributed by atoms with Gasteiger partial charge in [0.05, 0.1) is 0 Å². The molecule has 0 N–H and O–H groups in total. The Morgan fingerprint density at radius 2 is 1.93 bits per heavy atom. The third-order valence-corrected chi connectivity index (χ3v) is 1.77. The van der Waals surface area contributed by atoms with Gasteiger partial charge in [0.2, 0.25) is 0 Å². The van der Waals surface area contributed by atoms with Crippen molar-refractivity contribution in [3.05, 3.63) is 34.9 Å². The monoisotopic (exact) mass is 202 g/mol. The summed E-state index contributed by atoms with van der Waals surface area (Å²) >= 11 is 0. The first kappa shape index (κ1) is 13.4. The first-order valence-electron chi connectivity index (χ1n) is 5.15. The molecule has 1 rings (SSSR count). The van der Waals surface area contributed by atoms with E-state index >= 15 is 0 Å². The van der Waals surface area contributed by atoms with Gasteiger partial charge in [0.15, 0.2) is 5.78 Å². The van der Waals surface area contributed by atoms with Crippen molar-refractivity contribution < 1.29 is 4.79 Å². The summed E-state index contributed by atoms with van der Waals surface area (Å²) < 4.78 is 0. The van der Waals surface area contributed by atoms with Gasteiger partial charge in [-0.25, -0.2) is 0 Å². The topological polar surface area (TPSA) is 17.1 Å². The van der Waals surface area contributed by atoms with E-state index in [4.69, 9.17) is 6.42 Å². The highest BCUT2D eigenvalue weighted by atomic mass is 16.1. The zero-order valence-electron chi connectivity index (χ0n) is 9.92. The van der Waals surface area contributed by atoms with Gasteiger partial charge in [0.25, 0.3) is 0 Å². The van der Waals surface area contributed by atoms with Crippen LogP contribution < -0.4 is 0 Å². The van der Waals surface area contributed by atoms with Gasteiger partial charge in [-0.3, -0.25) is 4.79 Å². The Labute approximate surface area is 92.5 Å². The first-order chi connectivity index (χ1) is 7.06. The summed E-state index contributed by atoms with van der Waals surface area (Å²) in [6, 6.07) is 5.40. The van der Waals surface area contributed by atoms with Crippen LogP contribution in [-0.2, 0) is 0 Å². The van der Waals surface area contributed by atoms with E-state index < -0.39 is 0 Å². The smallest absolute Gasteiger partial charge is 0.160 e. The van der Waals surface area contributed by atoms with Gasteiger partial charge in [-0.1, -0.05) is 26.2 Å². The molecule has 0 heterocycles. The minimum absolute atomic E-state index is 0.0797. The van der Waals surface area contributed by atoms with Crippen LogP contribution in [0.2, 0.25) is 0 Å². The number of terminal acetylenes is 1. The zero-order valence-corrected chi connectivity index (χ0v) is 9.92. The molecular weight excluding hydrogens is 184 g/mol. The van der Waals surface area contributed by atoms with Crippen LogP contribution in [0.3, 0.4) is 0 Å². The summed E-state index contributed by atoms with van der Waals surface area (Å²) in [7, 11) is 0. The maximum atomic E-state index is 11.0. The van der Waals surface area contributed by atoms with Crippen molar-refractivity contribution in [3.63, 3.8) is 0 Å². The second-order valence-electron chi connectivity index (χ2n) is 3.44. The molecule has 1 nitrogen and oxygen atoms in total. The Bertz CT molecular complexity index is 369. The van der Waals surface area contributed by atoms with E-state index in [1.54, 1.807) is 19.1 Å². The van der Waals surface area contributed by atoms with Crippen LogP contribution in [0.4, 0.5) is 0 Å². The highest BCUT2D eigenvalue weighted by molar-refractivity contribution is 5.95. The number of ketones is 1. The summed E-state index contributed by atoms with van der Waals surface area (Å²) in [5.74, 6) is 2.60. The predicted octanol–water partition coefficient (Wildman–Crippen LogP) is 3.60. The average Bonchev–Trinajstić information content (AvgIpc) is 2.18. The second-order valence-corrected chi connectivity index (χ2v) is 3.44. The molecule has 0 saturated heterocycles. The predicted molar refractivity (Wildman–Crippen MR) is 65.1 cm³/mol. The van der Waals surface area contributed by atoms with Crippen LogP contribution in [0.1, 0.15) is 48.7 Å². The van der Waals surface area contributed by atoms with Crippen molar-refractivity contribution in [1.29, 1.82) is 0 Å². The van der Waals surface area contributed by atoms with Gasteiger partial charge >= 0.3 is 0 Å². The number of Topliss-reactive ketones (excluding diaryl/α,β-unsaturated/α-hetero) is 1. The number of rotatable bonds is 1. The Morgan fingerprint density at radius 3 is 2.27 bits per heavy atom. The molecule has 0 bridgehead atoms. The molecule has 0 amide bonds. The third kappa shape index (κ3) is 4.46. The normalized spacial score (nSPS) is 8.47. The lowest BCUT2D eigenvalue weighted by atomic mass is 10.0. The Balaban J connectivity index is 0.000000583. The maximum absolute atomic E-state index is 11.0. The van der Waals surface area contributed by atoms with Crippen LogP contribution in [0.15, 0.2) is 18.2 Å². The summed E-state index contributed by atoms with van der Waals surface area (Å²) in [5, 5.41) is 0. The van der Waals surface area contributed by atoms with Gasteiger partial charge in [0.1, 0.15) is 0 Å². The lowest BCUT2D eigenvalue weighted by molar-refractivity contribution is 0.101. The zero-order chi connectivity index (χ0) is 11.8. The fourth-order valence-electron chi connectivity index (χ4n) is 1.15. The third-order valence-electron chi connectivity index (χ3n) is 1.77. The van der Waals surface area contributed by atoms with E-state index in [9.17, 15) is 4.79 Å². The number of hydrogen-bond donors (Lipinski definition) is 0. The van der Waals surface area contributed by atoms with Crippen LogP contribution in [0.25, 0.3) is 0 Å². The first-order valence-corrected chi connectivity index (χ1v) is 5.15. The Hall–Kier alpha value is -1.55. The molecular formula is C14H18O. The quantitative estimate of drug-likeness (QED) is 0.502. The van der Waals surface area contributed by atoms with Crippen LogP contribution in [-0.4, -0.2) is 5.78 Å². The molecule has 0 radical (unpaired) electrons. The van der Waals surface area contributed by atoms with Gasteiger partial charge in [0, 0.05) is 11.1 Å². The van der Waals surface area contributed by atoms with E-state index in [1.807, 2.05) is 13.0 Å². The van der Waals surface area contributed by atoms with E-state index in [1.165, 1.54) is 6.42 Å². The standard InChI is InChI=1S/C11H10O.C3H8/c1-4-10-5-6-11(9(3)12)8(2)7-10;1-3-2/h1,5-7H,2-3H3;3H2,1-2H3. The summed E-state index contributed by atoms with van der Waals surface area (Å²) in [6.07, 6.45) is 6.46. The van der Waals surface area contributed by atoms with Gasteiger partial charge in [-0.15, -0.1) is 6.42 Å². The molecule has 0 spiro atoms. The molecule has 0 aliphatic heterocycles. The van der Waals surface area contributed by atoms with Crippen molar-refractivity contribution in [2.45, 2.75) is 34.1 Å². The maximum Gasteiger partial charge on any atom is 0.160 e. The Morgan fingerprint density at radius 1 is 1.40 bits per heavy atom. The lowest BCUT2D eigenvalue weighted by Gasteiger charge is -2.00. The molecule has 1 aromatic rings. The molecule has 0 fully saturated rings. The van der Waals surface area contributed by atoms with Crippen molar-refractivity contribution in [2.24, 2.45) is 0 Å². The molecule has 0 saturated carbocycles. The minimum atomic E-state index is 0.0797. The molecule has 1 aromatic carbocycles. The fourth-order valence-corrected chi connectivity index (χ4v) is 1.15. The van der Waals surface area contributed by atoms with Crippen molar-refractivity contribution in [3.8, 4) is 12.3 Å². The number of aryl methyl sites for hydroxylation is 1. The van der Waals surface area contributed by atoms with E-state index in [2.05, 4.69) is 19.8 Å². The van der Waals surface area contributed by atoms with E-state index in [-0.39, 0.29) is 5.78 Å². The van der Waals surface area contributed by atoms with Gasteiger partial charge in [-0.2, -0.15) is 0 Å². The molecule has 80 valence electrons.